The highest BCUT2D eigenvalue weighted by Crippen LogP contribution is 2.39. The molecule has 0 aromatic carbocycles. The van der Waals surface area contributed by atoms with Gasteiger partial charge in [0.1, 0.15) is 12.9 Å². The number of rotatable bonds is 7. The summed E-state index contributed by atoms with van der Waals surface area (Å²) in [6.45, 7) is 0.425. The minimum Gasteiger partial charge on any atom is -0.462 e. The van der Waals surface area contributed by atoms with Crippen LogP contribution in [0.15, 0.2) is 0 Å². The van der Waals surface area contributed by atoms with Crippen LogP contribution in [0.3, 0.4) is 0 Å². The van der Waals surface area contributed by atoms with E-state index >= 15 is 0 Å². The third-order valence-corrected chi connectivity index (χ3v) is 8.49. The molecule has 4 nitrogen and oxygen atoms in total. The van der Waals surface area contributed by atoms with E-state index in [2.05, 4.69) is 0 Å². The zero-order valence-corrected chi connectivity index (χ0v) is 19.0. The van der Waals surface area contributed by atoms with Crippen molar-refractivity contribution >= 4 is 5.97 Å². The molecule has 0 spiro atoms. The number of esters is 1. The quantitative estimate of drug-likeness (QED) is 0.346. The van der Waals surface area contributed by atoms with Gasteiger partial charge < -0.3 is 14.2 Å². The Balaban J connectivity index is 1.08. The molecule has 0 aliphatic heterocycles. The van der Waals surface area contributed by atoms with E-state index in [1.807, 2.05) is 0 Å². The van der Waals surface area contributed by atoms with Gasteiger partial charge in [-0.1, -0.05) is 51.4 Å². The number of hydrogen-bond acceptors (Lipinski definition) is 4. The Morgan fingerprint density at radius 3 is 1.67 bits per heavy atom. The minimum absolute atomic E-state index is 0.0630. The van der Waals surface area contributed by atoms with Crippen molar-refractivity contribution in [1.82, 2.24) is 0 Å². The van der Waals surface area contributed by atoms with Crippen molar-refractivity contribution in [3.05, 3.63) is 0 Å². The first-order valence-electron chi connectivity index (χ1n) is 13.2. The van der Waals surface area contributed by atoms with E-state index in [1.165, 1.54) is 77.0 Å². The van der Waals surface area contributed by atoms with Gasteiger partial charge in [0.25, 0.3) is 0 Å². The van der Waals surface area contributed by atoms with Crippen LogP contribution in [-0.2, 0) is 19.0 Å². The number of ether oxygens (including phenoxy) is 3. The Kier molecular flexibility index (Phi) is 8.92. The predicted molar refractivity (Wildman–Crippen MR) is 118 cm³/mol. The smallest absolute Gasteiger partial charge is 0.309 e. The Morgan fingerprint density at radius 1 is 0.533 bits per heavy atom. The van der Waals surface area contributed by atoms with Crippen LogP contribution in [0, 0.1) is 17.8 Å². The van der Waals surface area contributed by atoms with Gasteiger partial charge in [-0.05, 0) is 76.0 Å². The lowest BCUT2D eigenvalue weighted by Gasteiger charge is -2.36. The summed E-state index contributed by atoms with van der Waals surface area (Å²) in [5.74, 6) is 1.99. The number of carbonyl (C=O) groups excluding carboxylic acids is 1. The first kappa shape index (κ1) is 22.6. The maximum Gasteiger partial charge on any atom is 0.309 e. The molecule has 4 rings (SSSR count). The highest BCUT2D eigenvalue weighted by molar-refractivity contribution is 5.72. The molecule has 0 aromatic heterocycles. The molecule has 4 heteroatoms. The summed E-state index contributed by atoms with van der Waals surface area (Å²) in [5, 5.41) is 0. The number of carbonyl (C=O) groups is 1. The summed E-state index contributed by atoms with van der Waals surface area (Å²) >= 11 is 0. The molecule has 0 radical (unpaired) electrons. The van der Waals surface area contributed by atoms with Crippen LogP contribution in [0.25, 0.3) is 0 Å². The van der Waals surface area contributed by atoms with Crippen LogP contribution in [0.4, 0.5) is 0 Å². The molecule has 4 saturated carbocycles. The Morgan fingerprint density at radius 2 is 1.03 bits per heavy atom. The zero-order valence-electron chi connectivity index (χ0n) is 19.0. The second kappa shape index (κ2) is 11.9. The van der Waals surface area contributed by atoms with Crippen LogP contribution in [-0.4, -0.2) is 31.1 Å². The van der Waals surface area contributed by atoms with Crippen molar-refractivity contribution in [2.75, 3.05) is 6.79 Å². The van der Waals surface area contributed by atoms with Crippen molar-refractivity contribution in [3.63, 3.8) is 0 Å². The maximum atomic E-state index is 12.7. The van der Waals surface area contributed by atoms with Crippen LogP contribution in [0.2, 0.25) is 0 Å². The molecule has 0 bridgehead atoms. The predicted octanol–water partition coefficient (Wildman–Crippen LogP) is 6.55. The van der Waals surface area contributed by atoms with Gasteiger partial charge >= 0.3 is 5.97 Å². The minimum atomic E-state index is 0.0630. The summed E-state index contributed by atoms with van der Waals surface area (Å²) in [4.78, 5) is 12.7. The third-order valence-electron chi connectivity index (χ3n) is 8.49. The van der Waals surface area contributed by atoms with Crippen molar-refractivity contribution in [3.8, 4) is 0 Å². The second-order valence-electron chi connectivity index (χ2n) is 10.6. The Labute approximate surface area is 183 Å². The zero-order chi connectivity index (χ0) is 20.6. The monoisotopic (exact) mass is 420 g/mol. The molecular formula is C26H44O4. The normalized spacial score (nSPS) is 34.5. The maximum absolute atomic E-state index is 12.7. The van der Waals surface area contributed by atoms with Crippen molar-refractivity contribution < 1.29 is 19.0 Å². The first-order chi connectivity index (χ1) is 14.8. The van der Waals surface area contributed by atoms with Crippen LogP contribution in [0.5, 0.6) is 0 Å². The molecule has 0 N–H and O–H groups in total. The van der Waals surface area contributed by atoms with E-state index in [9.17, 15) is 4.79 Å². The lowest BCUT2D eigenvalue weighted by atomic mass is 9.73. The van der Waals surface area contributed by atoms with Crippen LogP contribution < -0.4 is 0 Å². The highest BCUT2D eigenvalue weighted by atomic mass is 16.7. The Hall–Kier alpha value is -0.610. The van der Waals surface area contributed by atoms with Gasteiger partial charge in [-0.2, -0.15) is 0 Å². The summed E-state index contributed by atoms with van der Waals surface area (Å²) in [6, 6.07) is 0. The third kappa shape index (κ3) is 6.69. The standard InChI is InChI=1S/C26H44O4/c27-26(30-25-17-11-21(12-18-25)20-7-3-1-4-8-20)22-13-15-24(16-14-22)29-19-28-23-9-5-2-6-10-23/h20-25H,1-19H2. The van der Waals surface area contributed by atoms with E-state index in [0.717, 1.165) is 50.4 Å². The lowest BCUT2D eigenvalue weighted by molar-refractivity contribution is -0.161. The lowest BCUT2D eigenvalue weighted by Crippen LogP contribution is -2.33. The molecule has 4 fully saturated rings. The van der Waals surface area contributed by atoms with Gasteiger partial charge in [0.2, 0.25) is 0 Å². The van der Waals surface area contributed by atoms with E-state index in [4.69, 9.17) is 14.2 Å². The molecule has 4 aliphatic carbocycles. The summed E-state index contributed by atoms with van der Waals surface area (Å²) in [7, 11) is 0. The van der Waals surface area contributed by atoms with Gasteiger partial charge in [0.05, 0.1) is 18.1 Å². The molecule has 0 heterocycles. The molecule has 4 aliphatic rings. The van der Waals surface area contributed by atoms with Gasteiger partial charge in [-0.3, -0.25) is 4.79 Å². The van der Waals surface area contributed by atoms with Gasteiger partial charge in [-0.15, -0.1) is 0 Å². The van der Waals surface area contributed by atoms with E-state index in [0.29, 0.717) is 12.9 Å². The van der Waals surface area contributed by atoms with Gasteiger partial charge in [0.15, 0.2) is 0 Å². The van der Waals surface area contributed by atoms with Crippen molar-refractivity contribution in [2.24, 2.45) is 17.8 Å². The summed E-state index contributed by atoms with van der Waals surface area (Å²) in [6.07, 6.45) is 22.7. The largest absolute Gasteiger partial charge is 0.462 e. The fourth-order valence-corrected chi connectivity index (χ4v) is 6.47. The second-order valence-corrected chi connectivity index (χ2v) is 10.6. The van der Waals surface area contributed by atoms with Crippen molar-refractivity contribution in [1.29, 1.82) is 0 Å². The Bertz CT molecular complexity index is 493. The van der Waals surface area contributed by atoms with Gasteiger partial charge in [-0.25, -0.2) is 0 Å². The van der Waals surface area contributed by atoms with Crippen molar-refractivity contribution in [2.45, 2.75) is 134 Å². The SMILES string of the molecule is O=C(OC1CCC(C2CCCCC2)CC1)C1CCC(OCOC2CCCCC2)CC1. The fraction of sp³-hybridized carbons (Fsp3) is 0.962. The number of hydrogen-bond donors (Lipinski definition) is 0. The molecule has 0 saturated heterocycles. The highest BCUT2D eigenvalue weighted by Gasteiger charge is 2.33. The van der Waals surface area contributed by atoms with E-state index in [1.54, 1.807) is 0 Å². The van der Waals surface area contributed by atoms with E-state index < -0.39 is 0 Å². The average molecular weight is 421 g/mol. The average Bonchev–Trinajstić information content (AvgIpc) is 2.81. The molecular weight excluding hydrogens is 376 g/mol. The molecule has 0 unspecified atom stereocenters. The van der Waals surface area contributed by atoms with E-state index in [-0.39, 0.29) is 24.1 Å². The molecule has 172 valence electrons. The van der Waals surface area contributed by atoms with Crippen LogP contribution in [0.1, 0.15) is 116 Å². The molecule has 30 heavy (non-hydrogen) atoms. The first-order valence-corrected chi connectivity index (χ1v) is 13.2. The fourth-order valence-electron chi connectivity index (χ4n) is 6.47. The summed E-state index contributed by atoms with van der Waals surface area (Å²) < 4.78 is 17.8. The molecule has 0 amide bonds. The van der Waals surface area contributed by atoms with Gasteiger partial charge in [0, 0.05) is 0 Å². The topological polar surface area (TPSA) is 44.8 Å². The van der Waals surface area contributed by atoms with Crippen LogP contribution >= 0.6 is 0 Å². The molecule has 0 aromatic rings. The molecule has 0 atom stereocenters. The summed E-state index contributed by atoms with van der Waals surface area (Å²) in [5.41, 5.74) is 0.